The molecule has 9 heteroatoms. The molecule has 0 unspecified atom stereocenters. The van der Waals surface area contributed by atoms with E-state index in [1.54, 1.807) is 12.1 Å². The van der Waals surface area contributed by atoms with Crippen LogP contribution in [-0.2, 0) is 0 Å². The van der Waals surface area contributed by atoms with Crippen LogP contribution in [0.15, 0.2) is 77.4 Å². The van der Waals surface area contributed by atoms with E-state index in [2.05, 4.69) is 13.0 Å². The SMILES string of the molecule is C[C@@H]1C/C(=C\c2ccc(Cl)cc2)C2=NN(C(=O)c3ccc(Cl)c([N+](=O)[O-])c3)[C@H](c3ccc(Cl)cc3)[C@H]2C1. The number of hydrazone groups is 1. The van der Waals surface area contributed by atoms with Crippen LogP contribution in [0.4, 0.5) is 5.69 Å². The number of hydrogen-bond donors (Lipinski definition) is 0. The van der Waals surface area contributed by atoms with E-state index < -0.39 is 10.8 Å². The van der Waals surface area contributed by atoms with Crippen LogP contribution in [0.5, 0.6) is 0 Å². The molecule has 0 aromatic heterocycles. The molecule has 37 heavy (non-hydrogen) atoms. The molecule has 3 aromatic carbocycles. The fourth-order valence-electron chi connectivity index (χ4n) is 5.13. The second kappa shape index (κ2) is 10.3. The van der Waals surface area contributed by atoms with Crippen LogP contribution in [0.2, 0.25) is 15.1 Å². The summed E-state index contributed by atoms with van der Waals surface area (Å²) in [6.45, 7) is 2.19. The van der Waals surface area contributed by atoms with Gasteiger partial charge < -0.3 is 0 Å². The largest absolute Gasteiger partial charge is 0.288 e. The molecule has 3 aromatic rings. The Bertz CT molecular complexity index is 1440. The van der Waals surface area contributed by atoms with Crippen molar-refractivity contribution in [3.63, 3.8) is 0 Å². The number of hydrogen-bond acceptors (Lipinski definition) is 4. The number of nitrogens with zero attached hydrogens (tertiary/aromatic N) is 3. The van der Waals surface area contributed by atoms with Crippen LogP contribution >= 0.6 is 34.8 Å². The molecule has 0 saturated heterocycles. The van der Waals surface area contributed by atoms with Crippen molar-refractivity contribution in [3.05, 3.63) is 114 Å². The van der Waals surface area contributed by atoms with E-state index in [1.165, 1.54) is 23.2 Å². The molecule has 5 rings (SSSR count). The minimum atomic E-state index is -0.597. The maximum atomic E-state index is 13.8. The van der Waals surface area contributed by atoms with Crippen molar-refractivity contribution in [3.8, 4) is 0 Å². The van der Waals surface area contributed by atoms with Gasteiger partial charge in [0, 0.05) is 27.6 Å². The highest BCUT2D eigenvalue weighted by Crippen LogP contribution is 2.47. The van der Waals surface area contributed by atoms with Crippen molar-refractivity contribution < 1.29 is 9.72 Å². The van der Waals surface area contributed by atoms with Gasteiger partial charge in [-0.3, -0.25) is 14.9 Å². The highest BCUT2D eigenvalue weighted by atomic mass is 35.5. The van der Waals surface area contributed by atoms with Crippen molar-refractivity contribution in [1.82, 2.24) is 5.01 Å². The Balaban J connectivity index is 1.61. The highest BCUT2D eigenvalue weighted by molar-refractivity contribution is 6.32. The normalized spacial score (nSPS) is 22.1. The lowest BCUT2D eigenvalue weighted by Gasteiger charge is -2.32. The minimum absolute atomic E-state index is 0.0285. The van der Waals surface area contributed by atoms with Crippen molar-refractivity contribution in [2.75, 3.05) is 0 Å². The Morgan fingerprint density at radius 3 is 2.32 bits per heavy atom. The molecular formula is C28H22Cl3N3O3. The number of nitro benzene ring substituents is 1. The quantitative estimate of drug-likeness (QED) is 0.241. The Hall–Kier alpha value is -3.19. The van der Waals surface area contributed by atoms with Gasteiger partial charge >= 0.3 is 0 Å². The molecule has 6 nitrogen and oxygen atoms in total. The predicted octanol–water partition coefficient (Wildman–Crippen LogP) is 8.24. The van der Waals surface area contributed by atoms with Crippen LogP contribution in [0.3, 0.4) is 0 Å². The topological polar surface area (TPSA) is 75.8 Å². The maximum Gasteiger partial charge on any atom is 0.288 e. The van der Waals surface area contributed by atoms with Crippen molar-refractivity contribution >= 4 is 58.2 Å². The molecule has 0 bridgehead atoms. The van der Waals surface area contributed by atoms with Gasteiger partial charge in [0.15, 0.2) is 0 Å². The minimum Gasteiger partial charge on any atom is -0.267 e. The zero-order valence-electron chi connectivity index (χ0n) is 19.8. The van der Waals surface area contributed by atoms with Crippen molar-refractivity contribution in [1.29, 1.82) is 0 Å². The molecule has 0 radical (unpaired) electrons. The van der Waals surface area contributed by atoms with Crippen LogP contribution in [0.25, 0.3) is 6.08 Å². The third kappa shape index (κ3) is 5.14. The molecule has 3 atom stereocenters. The second-order valence-electron chi connectivity index (χ2n) is 9.43. The van der Waals surface area contributed by atoms with Crippen molar-refractivity contribution in [2.45, 2.75) is 25.8 Å². The standard InChI is InChI=1S/C28H22Cl3N3O3/c1-16-12-20(14-17-2-7-21(29)8-3-17)26-23(13-16)27(18-4-9-22(30)10-5-18)33(32-26)28(35)19-6-11-24(31)25(15-19)34(36)37/h2-11,14-16,23,27H,12-13H2,1H3/b20-14+/t16-,23+,27-/m1/s1. The fraction of sp³-hybridized carbons (Fsp3) is 0.214. The smallest absolute Gasteiger partial charge is 0.267 e. The summed E-state index contributed by atoms with van der Waals surface area (Å²) in [5, 5.41) is 19.0. The van der Waals surface area contributed by atoms with Gasteiger partial charge in [0.2, 0.25) is 0 Å². The first-order valence-electron chi connectivity index (χ1n) is 11.8. The number of carbonyl (C=O) groups excluding carboxylic acids is 1. The predicted molar refractivity (Wildman–Crippen MR) is 147 cm³/mol. The number of carbonyl (C=O) groups is 1. The highest BCUT2D eigenvalue weighted by Gasteiger charge is 2.45. The summed E-state index contributed by atoms with van der Waals surface area (Å²) in [5.41, 5.74) is 3.62. The Labute approximate surface area is 229 Å². The Morgan fingerprint density at radius 2 is 1.68 bits per heavy atom. The van der Waals surface area contributed by atoms with Gasteiger partial charge in [-0.05, 0) is 77.9 Å². The zero-order valence-corrected chi connectivity index (χ0v) is 22.0. The summed E-state index contributed by atoms with van der Waals surface area (Å²) in [7, 11) is 0. The Morgan fingerprint density at radius 1 is 1.03 bits per heavy atom. The molecule has 1 aliphatic heterocycles. The average molecular weight is 555 g/mol. The number of fused-ring (bicyclic) bond motifs is 1. The van der Waals surface area contributed by atoms with Crippen LogP contribution < -0.4 is 0 Å². The van der Waals surface area contributed by atoms with E-state index in [-0.39, 0.29) is 28.2 Å². The molecule has 1 saturated carbocycles. The third-order valence-electron chi connectivity index (χ3n) is 6.79. The lowest BCUT2D eigenvalue weighted by Crippen LogP contribution is -2.33. The summed E-state index contributed by atoms with van der Waals surface area (Å²) in [6.07, 6.45) is 3.76. The van der Waals surface area contributed by atoms with Gasteiger partial charge in [-0.1, -0.05) is 66.0 Å². The van der Waals surface area contributed by atoms with Gasteiger partial charge in [0.1, 0.15) is 5.02 Å². The molecule has 1 amide bonds. The lowest BCUT2D eigenvalue weighted by molar-refractivity contribution is -0.384. The number of allylic oxidation sites excluding steroid dienone is 1. The lowest BCUT2D eigenvalue weighted by atomic mass is 9.73. The summed E-state index contributed by atoms with van der Waals surface area (Å²) in [6, 6.07) is 18.7. The first-order chi connectivity index (χ1) is 17.7. The van der Waals surface area contributed by atoms with Crippen LogP contribution in [0.1, 0.15) is 47.3 Å². The van der Waals surface area contributed by atoms with Gasteiger partial charge in [0.25, 0.3) is 11.6 Å². The molecule has 188 valence electrons. The summed E-state index contributed by atoms with van der Waals surface area (Å²) in [4.78, 5) is 24.7. The van der Waals surface area contributed by atoms with E-state index in [9.17, 15) is 14.9 Å². The molecule has 1 aliphatic carbocycles. The monoisotopic (exact) mass is 553 g/mol. The number of halogens is 3. The molecule has 2 aliphatic rings. The number of rotatable bonds is 4. The second-order valence-corrected chi connectivity index (χ2v) is 10.7. The molecule has 1 fully saturated rings. The summed E-state index contributed by atoms with van der Waals surface area (Å²) < 4.78 is 0. The molecule has 0 spiro atoms. The van der Waals surface area contributed by atoms with Gasteiger partial charge in [0.05, 0.1) is 16.7 Å². The van der Waals surface area contributed by atoms with Crippen LogP contribution in [0, 0.1) is 22.0 Å². The number of nitro groups is 1. The van der Waals surface area contributed by atoms with E-state index in [4.69, 9.17) is 39.9 Å². The number of benzene rings is 3. The van der Waals surface area contributed by atoms with Crippen molar-refractivity contribution in [2.24, 2.45) is 16.9 Å². The maximum absolute atomic E-state index is 13.8. The zero-order chi connectivity index (χ0) is 26.3. The van der Waals surface area contributed by atoms with Gasteiger partial charge in [-0.25, -0.2) is 5.01 Å². The summed E-state index contributed by atoms with van der Waals surface area (Å²) >= 11 is 18.2. The molecule has 0 N–H and O–H groups in total. The van der Waals surface area contributed by atoms with Crippen LogP contribution in [-0.4, -0.2) is 21.6 Å². The molecular weight excluding hydrogens is 533 g/mol. The van der Waals surface area contributed by atoms with Gasteiger partial charge in [-0.15, -0.1) is 0 Å². The first kappa shape index (κ1) is 25.5. The first-order valence-corrected chi connectivity index (χ1v) is 12.9. The number of amides is 1. The van der Waals surface area contributed by atoms with E-state index in [1.807, 2.05) is 36.4 Å². The summed E-state index contributed by atoms with van der Waals surface area (Å²) in [5.74, 6) is -0.112. The Kier molecular flexibility index (Phi) is 7.08. The third-order valence-corrected chi connectivity index (χ3v) is 7.61. The van der Waals surface area contributed by atoms with E-state index in [0.29, 0.717) is 16.0 Å². The fourth-order valence-corrected chi connectivity index (χ4v) is 5.57. The van der Waals surface area contributed by atoms with E-state index in [0.717, 1.165) is 35.3 Å². The average Bonchev–Trinajstić information content (AvgIpc) is 3.25. The molecule has 1 heterocycles. The van der Waals surface area contributed by atoms with Gasteiger partial charge in [-0.2, -0.15) is 5.10 Å². The van der Waals surface area contributed by atoms with E-state index >= 15 is 0 Å².